The van der Waals surface area contributed by atoms with Crippen molar-refractivity contribution in [2.24, 2.45) is 5.16 Å². The Kier molecular flexibility index (Phi) is 9.69. The lowest BCUT2D eigenvalue weighted by atomic mass is 10.1. The number of allylic oxidation sites excluding steroid dienone is 1. The number of benzene rings is 2. The number of nitrogens with zero attached hydrogens (tertiary/aromatic N) is 1. The van der Waals surface area contributed by atoms with Crippen LogP contribution < -0.4 is 14.2 Å². The number of aryl methyl sites for hydroxylation is 2. The summed E-state index contributed by atoms with van der Waals surface area (Å²) < 4.78 is 17.8. The van der Waals surface area contributed by atoms with Crippen molar-refractivity contribution < 1.29 is 19.0 Å². The second-order valence-electron chi connectivity index (χ2n) is 7.46. The fraction of sp³-hybridized carbons (Fsp3) is 0.370. The average Bonchev–Trinajstić information content (AvgIpc) is 2.75. The number of oxime groups is 1. The number of hydrogen-bond acceptors (Lipinski definition) is 5. The molecule has 0 radical (unpaired) electrons. The van der Waals surface area contributed by atoms with Gasteiger partial charge in [-0.1, -0.05) is 41.3 Å². The van der Waals surface area contributed by atoms with Crippen LogP contribution in [-0.4, -0.2) is 31.6 Å². The van der Waals surface area contributed by atoms with Gasteiger partial charge < -0.3 is 19.0 Å². The van der Waals surface area contributed by atoms with Crippen LogP contribution in [-0.2, 0) is 4.84 Å². The summed E-state index contributed by atoms with van der Waals surface area (Å²) in [5, 5.41) is 3.96. The zero-order valence-corrected chi connectivity index (χ0v) is 20.1. The van der Waals surface area contributed by atoms with Gasteiger partial charge in [0.15, 0.2) is 12.2 Å². The van der Waals surface area contributed by atoms with Crippen LogP contribution in [0.1, 0.15) is 44.4 Å². The van der Waals surface area contributed by atoms with Crippen molar-refractivity contribution in [3.05, 3.63) is 65.2 Å². The molecule has 0 saturated heterocycles. The van der Waals surface area contributed by atoms with E-state index in [1.54, 1.807) is 0 Å². The van der Waals surface area contributed by atoms with Crippen LogP contribution in [0.15, 0.2) is 53.7 Å². The van der Waals surface area contributed by atoms with E-state index in [2.05, 4.69) is 17.0 Å². The molecule has 0 spiro atoms. The van der Waals surface area contributed by atoms with E-state index in [0.29, 0.717) is 6.61 Å². The molecule has 0 heterocycles. The molecule has 2 rings (SSSR count). The van der Waals surface area contributed by atoms with Gasteiger partial charge in [-0.2, -0.15) is 0 Å². The van der Waals surface area contributed by atoms with Gasteiger partial charge in [0.25, 0.3) is 0 Å². The first-order valence-corrected chi connectivity index (χ1v) is 10.7. The summed E-state index contributed by atoms with van der Waals surface area (Å²) >= 11 is 0. The first-order chi connectivity index (χ1) is 15.3. The quantitative estimate of drug-likeness (QED) is 0.214. The number of ether oxygens (including phenoxy) is 3. The standard InChI is InChI=1S/C27H33NO4/c1-8-9-15-30-26-16-19(2)27(20(3)17-26)32-22(5)14-13-21(4)31-25-12-10-11-24(18-25)23(6)28-29-7/h8-12,16-18,21-22H,15H2,1-7H3/b9-8+,28-23+. The monoisotopic (exact) mass is 435 g/mol. The Bertz CT molecular complexity index is 991. The van der Waals surface area contributed by atoms with Crippen LogP contribution >= 0.6 is 0 Å². The van der Waals surface area contributed by atoms with Crippen molar-refractivity contribution >= 4 is 5.71 Å². The molecule has 0 saturated carbocycles. The van der Waals surface area contributed by atoms with Gasteiger partial charge in [-0.3, -0.25) is 0 Å². The molecule has 2 unspecified atom stereocenters. The van der Waals surface area contributed by atoms with Gasteiger partial charge in [0.2, 0.25) is 0 Å². The van der Waals surface area contributed by atoms with Gasteiger partial charge in [0.1, 0.15) is 31.0 Å². The van der Waals surface area contributed by atoms with Crippen molar-refractivity contribution in [3.8, 4) is 29.1 Å². The lowest BCUT2D eigenvalue weighted by molar-refractivity contribution is 0.213. The maximum absolute atomic E-state index is 6.11. The summed E-state index contributed by atoms with van der Waals surface area (Å²) in [6.45, 7) is 12.3. The summed E-state index contributed by atoms with van der Waals surface area (Å²) in [6.07, 6.45) is 3.37. The lowest BCUT2D eigenvalue weighted by Crippen LogP contribution is -2.14. The molecule has 0 amide bonds. The molecule has 2 aromatic carbocycles. The first kappa shape index (κ1) is 24.9. The molecular weight excluding hydrogens is 402 g/mol. The highest BCUT2D eigenvalue weighted by Crippen LogP contribution is 2.29. The maximum Gasteiger partial charge on any atom is 0.156 e. The van der Waals surface area contributed by atoms with E-state index < -0.39 is 0 Å². The molecular formula is C27H33NO4. The van der Waals surface area contributed by atoms with Crippen molar-refractivity contribution in [1.29, 1.82) is 0 Å². The predicted octanol–water partition coefficient (Wildman–Crippen LogP) is 5.87. The summed E-state index contributed by atoms with van der Waals surface area (Å²) in [7, 11) is 1.53. The molecule has 0 fully saturated rings. The molecule has 5 nitrogen and oxygen atoms in total. The Morgan fingerprint density at radius 3 is 2.28 bits per heavy atom. The highest BCUT2D eigenvalue weighted by Gasteiger charge is 2.10. The molecule has 5 heteroatoms. The second-order valence-corrected chi connectivity index (χ2v) is 7.46. The zero-order chi connectivity index (χ0) is 23.5. The average molecular weight is 436 g/mol. The predicted molar refractivity (Wildman–Crippen MR) is 130 cm³/mol. The van der Waals surface area contributed by atoms with Crippen molar-refractivity contribution in [1.82, 2.24) is 0 Å². The first-order valence-electron chi connectivity index (χ1n) is 10.7. The third kappa shape index (κ3) is 7.70. The molecule has 0 bridgehead atoms. The van der Waals surface area contributed by atoms with Crippen LogP contribution in [0, 0.1) is 25.7 Å². The van der Waals surface area contributed by atoms with Crippen molar-refractivity contribution in [2.75, 3.05) is 13.7 Å². The largest absolute Gasteiger partial charge is 0.490 e. The van der Waals surface area contributed by atoms with Crippen LogP contribution in [0.3, 0.4) is 0 Å². The Morgan fingerprint density at radius 2 is 1.66 bits per heavy atom. The minimum atomic E-state index is -0.291. The Balaban J connectivity index is 2.01. The highest BCUT2D eigenvalue weighted by molar-refractivity contribution is 5.98. The topological polar surface area (TPSA) is 49.3 Å². The Labute approximate surface area is 192 Å². The van der Waals surface area contributed by atoms with E-state index in [-0.39, 0.29) is 12.2 Å². The van der Waals surface area contributed by atoms with E-state index in [0.717, 1.165) is 39.7 Å². The van der Waals surface area contributed by atoms with Crippen LogP contribution in [0.2, 0.25) is 0 Å². The van der Waals surface area contributed by atoms with E-state index in [1.165, 1.54) is 7.11 Å². The normalized spacial score (nSPS) is 13.2. The molecule has 0 N–H and O–H groups in total. The summed E-state index contributed by atoms with van der Waals surface area (Å²) in [5.74, 6) is 8.65. The molecule has 0 aromatic heterocycles. The molecule has 0 aliphatic heterocycles. The van der Waals surface area contributed by atoms with E-state index in [1.807, 2.05) is 90.1 Å². The Morgan fingerprint density at radius 1 is 1.00 bits per heavy atom. The van der Waals surface area contributed by atoms with E-state index in [9.17, 15) is 0 Å². The minimum absolute atomic E-state index is 0.282. The molecule has 0 aliphatic rings. The van der Waals surface area contributed by atoms with E-state index in [4.69, 9.17) is 19.0 Å². The molecule has 0 aliphatic carbocycles. The maximum atomic E-state index is 6.11. The smallest absolute Gasteiger partial charge is 0.156 e. The van der Waals surface area contributed by atoms with Gasteiger partial charge in [-0.05, 0) is 76.9 Å². The van der Waals surface area contributed by atoms with Gasteiger partial charge in [0, 0.05) is 5.56 Å². The SMILES string of the molecule is C/C=C/COc1cc(C)c(OC(C)C#CC(C)Oc2cccc(/C(C)=N/OC)c2)c(C)c1. The number of hydrogen-bond donors (Lipinski definition) is 0. The highest BCUT2D eigenvalue weighted by atomic mass is 16.6. The fourth-order valence-electron chi connectivity index (χ4n) is 3.08. The van der Waals surface area contributed by atoms with Gasteiger partial charge in [0.05, 0.1) is 5.71 Å². The fourth-order valence-corrected chi connectivity index (χ4v) is 3.08. The summed E-state index contributed by atoms with van der Waals surface area (Å²) in [4.78, 5) is 4.84. The lowest BCUT2D eigenvalue weighted by Gasteiger charge is -2.16. The Hall–Kier alpha value is -3.39. The van der Waals surface area contributed by atoms with E-state index >= 15 is 0 Å². The molecule has 170 valence electrons. The van der Waals surface area contributed by atoms with Crippen molar-refractivity contribution in [2.45, 2.75) is 53.8 Å². The minimum Gasteiger partial charge on any atom is -0.490 e. The summed E-state index contributed by atoms with van der Waals surface area (Å²) in [5.41, 5.74) is 3.75. The van der Waals surface area contributed by atoms with Gasteiger partial charge >= 0.3 is 0 Å². The second kappa shape index (κ2) is 12.5. The van der Waals surface area contributed by atoms with Crippen LogP contribution in [0.5, 0.6) is 17.2 Å². The van der Waals surface area contributed by atoms with Gasteiger partial charge in [-0.15, -0.1) is 0 Å². The number of rotatable bonds is 9. The van der Waals surface area contributed by atoms with Crippen molar-refractivity contribution in [3.63, 3.8) is 0 Å². The molecule has 32 heavy (non-hydrogen) atoms. The van der Waals surface area contributed by atoms with Gasteiger partial charge in [-0.25, -0.2) is 0 Å². The molecule has 2 aromatic rings. The third-order valence-electron chi connectivity index (χ3n) is 4.59. The summed E-state index contributed by atoms with van der Waals surface area (Å²) in [6, 6.07) is 11.7. The van der Waals surface area contributed by atoms with Crippen LogP contribution in [0.25, 0.3) is 0 Å². The third-order valence-corrected chi connectivity index (χ3v) is 4.59. The van der Waals surface area contributed by atoms with Crippen LogP contribution in [0.4, 0.5) is 0 Å². The zero-order valence-electron chi connectivity index (χ0n) is 20.1. The molecule has 2 atom stereocenters.